The largest absolute Gasteiger partial charge is 0.488 e. The summed E-state index contributed by atoms with van der Waals surface area (Å²) < 4.78 is 11.2. The van der Waals surface area contributed by atoms with Crippen molar-refractivity contribution >= 4 is 23.4 Å². The quantitative estimate of drug-likeness (QED) is 0.702. The molecule has 0 fully saturated rings. The van der Waals surface area contributed by atoms with Gasteiger partial charge in [-0.15, -0.1) is 11.8 Å². The lowest BCUT2D eigenvalue weighted by Crippen LogP contribution is -2.16. The normalized spacial score (nSPS) is 12.1. The fourth-order valence-electron chi connectivity index (χ4n) is 2.82. The molecule has 1 aromatic heterocycles. The highest BCUT2D eigenvalue weighted by Crippen LogP contribution is 2.39. The van der Waals surface area contributed by atoms with Crippen molar-refractivity contribution in [3.8, 4) is 17.1 Å². The molecule has 126 valence electrons. The number of nitrogens with one attached hydrogen (secondary N) is 1. The molecular weight excluding hydrogens is 336 g/mol. The zero-order valence-corrected chi connectivity index (χ0v) is 14.6. The van der Waals surface area contributed by atoms with Crippen LogP contribution >= 0.6 is 11.8 Å². The van der Waals surface area contributed by atoms with Crippen LogP contribution in [0.5, 0.6) is 5.75 Å². The number of aromatic nitrogens is 1. The molecule has 0 radical (unpaired) electrons. The molecule has 0 saturated carbocycles. The second-order valence-corrected chi connectivity index (χ2v) is 6.69. The molecule has 25 heavy (non-hydrogen) atoms. The van der Waals surface area contributed by atoms with Gasteiger partial charge in [0.25, 0.3) is 5.91 Å². The van der Waals surface area contributed by atoms with Gasteiger partial charge in [-0.1, -0.05) is 22.9 Å². The predicted molar refractivity (Wildman–Crippen MR) is 97.2 cm³/mol. The van der Waals surface area contributed by atoms with Gasteiger partial charge in [0.15, 0.2) is 11.5 Å². The van der Waals surface area contributed by atoms with E-state index in [1.54, 1.807) is 11.8 Å². The molecule has 3 aromatic rings. The Morgan fingerprint density at radius 3 is 2.96 bits per heavy atom. The number of fused-ring (bicyclic) bond motifs is 3. The Labute approximate surface area is 149 Å². The Balaban J connectivity index is 1.66. The number of benzene rings is 2. The summed E-state index contributed by atoms with van der Waals surface area (Å²) in [4.78, 5) is 13.7. The van der Waals surface area contributed by atoms with Gasteiger partial charge in [-0.2, -0.15) is 0 Å². The van der Waals surface area contributed by atoms with Gasteiger partial charge in [-0.25, -0.2) is 0 Å². The van der Waals surface area contributed by atoms with Gasteiger partial charge in [0.1, 0.15) is 12.4 Å². The molecule has 0 aliphatic carbocycles. The Kier molecular flexibility index (Phi) is 3.97. The minimum atomic E-state index is -0.303. The molecule has 2 heterocycles. The van der Waals surface area contributed by atoms with Crippen molar-refractivity contribution in [3.05, 3.63) is 59.3 Å². The van der Waals surface area contributed by atoms with Crippen molar-refractivity contribution in [3.63, 3.8) is 0 Å². The van der Waals surface area contributed by atoms with Crippen molar-refractivity contribution < 1.29 is 14.1 Å². The van der Waals surface area contributed by atoms with Crippen LogP contribution in [0.2, 0.25) is 0 Å². The molecular formula is C19H16N2O3S. The van der Waals surface area contributed by atoms with Gasteiger partial charge in [-0.05, 0) is 43.5 Å². The average Bonchev–Trinajstić information content (AvgIpc) is 3.06. The molecule has 1 amide bonds. The first-order valence-corrected chi connectivity index (χ1v) is 9.06. The van der Waals surface area contributed by atoms with E-state index in [0.717, 1.165) is 27.5 Å². The van der Waals surface area contributed by atoms with Crippen LogP contribution < -0.4 is 10.1 Å². The molecule has 0 bridgehead atoms. The first kappa shape index (κ1) is 15.8. The summed E-state index contributed by atoms with van der Waals surface area (Å²) in [6, 6.07) is 13.5. The van der Waals surface area contributed by atoms with Crippen LogP contribution in [-0.2, 0) is 6.61 Å². The number of rotatable bonds is 3. The van der Waals surface area contributed by atoms with E-state index in [2.05, 4.69) is 10.5 Å². The summed E-state index contributed by atoms with van der Waals surface area (Å²) in [7, 11) is 0. The van der Waals surface area contributed by atoms with Gasteiger partial charge in [0.2, 0.25) is 0 Å². The third-order valence-electron chi connectivity index (χ3n) is 4.08. The molecule has 0 spiro atoms. The highest BCUT2D eigenvalue weighted by molar-refractivity contribution is 7.98. The summed E-state index contributed by atoms with van der Waals surface area (Å²) in [6.45, 7) is 2.26. The van der Waals surface area contributed by atoms with Gasteiger partial charge < -0.3 is 14.6 Å². The Bertz CT molecular complexity index is 965. The van der Waals surface area contributed by atoms with Crippen molar-refractivity contribution in [1.29, 1.82) is 0 Å². The van der Waals surface area contributed by atoms with Crippen LogP contribution in [0.4, 0.5) is 5.69 Å². The van der Waals surface area contributed by atoms with Crippen molar-refractivity contribution in [2.75, 3.05) is 11.6 Å². The minimum absolute atomic E-state index is 0.261. The number of ether oxygens (including phenoxy) is 1. The highest BCUT2D eigenvalue weighted by atomic mass is 32.2. The second-order valence-electron chi connectivity index (χ2n) is 5.81. The van der Waals surface area contributed by atoms with E-state index < -0.39 is 0 Å². The number of nitrogens with zero attached hydrogens (tertiary/aromatic N) is 1. The number of amides is 1. The second kappa shape index (κ2) is 6.29. The fraction of sp³-hybridized carbons (Fsp3) is 0.158. The lowest BCUT2D eigenvalue weighted by atomic mass is 10.0. The highest BCUT2D eigenvalue weighted by Gasteiger charge is 2.29. The van der Waals surface area contributed by atoms with Crippen LogP contribution in [-0.4, -0.2) is 17.3 Å². The summed E-state index contributed by atoms with van der Waals surface area (Å²) in [5.74, 6) is 1.05. The molecule has 6 heteroatoms. The first-order valence-electron chi connectivity index (χ1n) is 7.83. The lowest BCUT2D eigenvalue weighted by Gasteiger charge is -2.16. The molecule has 1 N–H and O–H groups in total. The van der Waals surface area contributed by atoms with Crippen molar-refractivity contribution in [2.45, 2.75) is 18.4 Å². The fourth-order valence-corrected chi connectivity index (χ4v) is 3.28. The van der Waals surface area contributed by atoms with Crippen LogP contribution in [0.15, 0.2) is 51.9 Å². The van der Waals surface area contributed by atoms with Crippen LogP contribution in [0.3, 0.4) is 0 Å². The minimum Gasteiger partial charge on any atom is -0.488 e. The number of thioether (sulfide) groups is 1. The molecule has 2 aromatic carbocycles. The van der Waals surface area contributed by atoms with Crippen LogP contribution in [0.25, 0.3) is 11.3 Å². The van der Waals surface area contributed by atoms with Crippen molar-refractivity contribution in [2.24, 2.45) is 0 Å². The lowest BCUT2D eigenvalue weighted by molar-refractivity contribution is 0.101. The molecule has 4 rings (SSSR count). The van der Waals surface area contributed by atoms with E-state index in [1.165, 1.54) is 0 Å². The summed E-state index contributed by atoms with van der Waals surface area (Å²) in [6.07, 6.45) is 1.99. The summed E-state index contributed by atoms with van der Waals surface area (Å²) in [5, 5.41) is 6.87. The third-order valence-corrected chi connectivity index (χ3v) is 4.81. The molecule has 0 unspecified atom stereocenters. The zero-order valence-electron chi connectivity index (χ0n) is 13.8. The van der Waals surface area contributed by atoms with Gasteiger partial charge >= 0.3 is 0 Å². The maximum absolute atomic E-state index is 12.6. The molecule has 0 saturated heterocycles. The number of hydrogen-bond acceptors (Lipinski definition) is 5. The van der Waals surface area contributed by atoms with E-state index in [0.29, 0.717) is 11.3 Å². The number of anilines is 1. The number of hydrogen-bond donors (Lipinski definition) is 1. The third kappa shape index (κ3) is 2.89. The number of aryl methyl sites for hydroxylation is 1. The van der Waals surface area contributed by atoms with E-state index >= 15 is 0 Å². The van der Waals surface area contributed by atoms with E-state index in [9.17, 15) is 4.79 Å². The van der Waals surface area contributed by atoms with Gasteiger partial charge in [-0.3, -0.25) is 4.79 Å². The predicted octanol–water partition coefficient (Wildman–Crippen LogP) is 4.52. The molecule has 1 aliphatic rings. The van der Waals surface area contributed by atoms with E-state index in [-0.39, 0.29) is 18.2 Å². The Morgan fingerprint density at radius 1 is 1.24 bits per heavy atom. The van der Waals surface area contributed by atoms with Gasteiger partial charge in [0, 0.05) is 10.6 Å². The van der Waals surface area contributed by atoms with Crippen LogP contribution in [0, 0.1) is 6.92 Å². The molecule has 1 aliphatic heterocycles. The molecule has 0 atom stereocenters. The maximum atomic E-state index is 12.6. The van der Waals surface area contributed by atoms with E-state index in [4.69, 9.17) is 9.26 Å². The SMILES string of the molecule is CSc1cccc(NC(=O)c2noc3c2COc2ccc(C)cc2-3)c1. The van der Waals surface area contributed by atoms with Crippen LogP contribution in [0.1, 0.15) is 21.6 Å². The maximum Gasteiger partial charge on any atom is 0.278 e. The zero-order chi connectivity index (χ0) is 17.4. The molecule has 5 nitrogen and oxygen atoms in total. The number of carbonyl (C=O) groups excluding carboxylic acids is 1. The van der Waals surface area contributed by atoms with Crippen molar-refractivity contribution in [1.82, 2.24) is 5.16 Å². The monoisotopic (exact) mass is 352 g/mol. The Morgan fingerprint density at radius 2 is 2.12 bits per heavy atom. The van der Waals surface area contributed by atoms with E-state index in [1.807, 2.05) is 55.6 Å². The average molecular weight is 352 g/mol. The topological polar surface area (TPSA) is 64.4 Å². The number of carbonyl (C=O) groups is 1. The standard InChI is InChI=1S/C19H16N2O3S/c1-11-6-7-16-14(8-11)18-15(10-23-16)17(21-24-18)19(22)20-12-4-3-5-13(9-12)25-2/h3-9H,10H2,1-2H3,(H,20,22). The first-order chi connectivity index (χ1) is 12.2. The van der Waals surface area contributed by atoms with Gasteiger partial charge in [0.05, 0.1) is 11.1 Å². The smallest absolute Gasteiger partial charge is 0.278 e. The summed E-state index contributed by atoms with van der Waals surface area (Å²) >= 11 is 1.62. The summed E-state index contributed by atoms with van der Waals surface area (Å²) in [5.41, 5.74) is 3.58. The Hall–Kier alpha value is -2.73.